The van der Waals surface area contributed by atoms with Crippen molar-refractivity contribution >= 4 is 15.9 Å². The number of carboxylic acid groups (broad SMARTS) is 1. The van der Waals surface area contributed by atoms with Gasteiger partial charge in [0.2, 0.25) is 15.0 Å². The zero-order valence-corrected chi connectivity index (χ0v) is 10.0. The van der Waals surface area contributed by atoms with Gasteiger partial charge in [-0.05, 0) is 12.1 Å². The van der Waals surface area contributed by atoms with Crippen molar-refractivity contribution in [3.63, 3.8) is 0 Å². The van der Waals surface area contributed by atoms with Gasteiger partial charge >= 0.3 is 6.09 Å². The Hall–Kier alpha value is -1.89. The monoisotopic (exact) mass is 271 g/mol. The third-order valence-corrected chi connectivity index (χ3v) is 4.25. The summed E-state index contributed by atoms with van der Waals surface area (Å²) in [6, 6.07) is 7.08. The van der Waals surface area contributed by atoms with Gasteiger partial charge in [0, 0.05) is 13.0 Å². The van der Waals surface area contributed by atoms with Crippen molar-refractivity contribution in [1.82, 2.24) is 4.90 Å². The highest BCUT2D eigenvalue weighted by Crippen LogP contribution is 2.31. The maximum Gasteiger partial charge on any atom is 0.411 e. The molecule has 1 amide bonds. The summed E-state index contributed by atoms with van der Waals surface area (Å²) in [6.45, 7) is 0.113. The number of sulfone groups is 1. The van der Waals surface area contributed by atoms with Gasteiger partial charge in [0.05, 0.1) is 10.6 Å². The van der Waals surface area contributed by atoms with Crippen molar-refractivity contribution in [3.8, 4) is 0 Å². The fourth-order valence-corrected chi connectivity index (χ4v) is 2.85. The molecule has 5 nitrogen and oxygen atoms in total. The molecule has 2 rings (SSSR count). The summed E-state index contributed by atoms with van der Waals surface area (Å²) < 4.78 is 37.7. The normalized spacial score (nSPS) is 18.2. The van der Waals surface area contributed by atoms with E-state index in [2.05, 4.69) is 0 Å². The van der Waals surface area contributed by atoms with Crippen LogP contribution in [0.2, 0.25) is 0 Å². The Bertz CT molecular complexity index is 609. The van der Waals surface area contributed by atoms with Gasteiger partial charge in [-0.1, -0.05) is 18.2 Å². The van der Waals surface area contributed by atoms with Gasteiger partial charge in [0.15, 0.2) is 0 Å². The average molecular weight is 271 g/mol. The van der Waals surface area contributed by atoms with Gasteiger partial charge < -0.3 is 5.11 Å². The fourth-order valence-electron chi connectivity index (χ4n) is 1.61. The number of hydrogen-bond donors (Lipinski definition) is 1. The molecule has 1 aliphatic heterocycles. The lowest BCUT2D eigenvalue weighted by Gasteiger charge is -2.31. The molecule has 1 aliphatic rings. The van der Waals surface area contributed by atoms with Crippen LogP contribution in [-0.4, -0.2) is 31.1 Å². The predicted octanol–water partition coefficient (Wildman–Crippen LogP) is 1.98. The summed E-state index contributed by atoms with van der Waals surface area (Å²) in [6.07, 6.45) is -1.25. The van der Waals surface area contributed by atoms with E-state index in [9.17, 15) is 17.6 Å². The van der Waals surface area contributed by atoms with Gasteiger partial charge in [-0.3, -0.25) is 4.90 Å². The highest BCUT2D eigenvalue weighted by Gasteiger charge is 2.35. The molecule has 96 valence electrons. The van der Waals surface area contributed by atoms with E-state index in [0.29, 0.717) is 4.90 Å². The van der Waals surface area contributed by atoms with E-state index in [1.807, 2.05) is 0 Å². The van der Waals surface area contributed by atoms with Crippen molar-refractivity contribution in [3.05, 3.63) is 41.2 Å². The van der Waals surface area contributed by atoms with E-state index < -0.39 is 21.1 Å². The minimum Gasteiger partial charge on any atom is -0.465 e. The van der Waals surface area contributed by atoms with Crippen LogP contribution < -0.4 is 0 Å². The van der Waals surface area contributed by atoms with Crippen molar-refractivity contribution in [2.24, 2.45) is 0 Å². The molecule has 0 aromatic heterocycles. The van der Waals surface area contributed by atoms with Crippen LogP contribution in [0.4, 0.5) is 9.18 Å². The van der Waals surface area contributed by atoms with Gasteiger partial charge in [0.25, 0.3) is 0 Å². The summed E-state index contributed by atoms with van der Waals surface area (Å²) in [7, 11) is -4.26. The number of amides is 1. The second-order valence-electron chi connectivity index (χ2n) is 3.72. The number of rotatable bonds is 2. The molecule has 1 fully saturated rings. The van der Waals surface area contributed by atoms with Crippen LogP contribution >= 0.6 is 0 Å². The second kappa shape index (κ2) is 4.41. The van der Waals surface area contributed by atoms with E-state index in [1.165, 1.54) is 24.3 Å². The van der Waals surface area contributed by atoms with E-state index in [-0.39, 0.29) is 23.6 Å². The van der Waals surface area contributed by atoms with Crippen molar-refractivity contribution in [2.45, 2.75) is 11.3 Å². The zero-order valence-electron chi connectivity index (χ0n) is 9.21. The molecular weight excluding hydrogens is 261 g/mol. The van der Waals surface area contributed by atoms with Crippen molar-refractivity contribution in [1.29, 1.82) is 0 Å². The van der Waals surface area contributed by atoms with E-state index >= 15 is 0 Å². The number of likely N-dealkylation sites (tertiary alicyclic amines) is 1. The minimum absolute atomic E-state index is 0.101. The van der Waals surface area contributed by atoms with E-state index in [1.54, 1.807) is 6.07 Å². The summed E-state index contributed by atoms with van der Waals surface area (Å²) in [5.74, 6) is 0. The Balaban J connectivity index is 2.43. The van der Waals surface area contributed by atoms with Gasteiger partial charge in [-0.2, -0.15) is 4.39 Å². The maximum atomic E-state index is 13.9. The van der Waals surface area contributed by atoms with Gasteiger partial charge in [-0.15, -0.1) is 0 Å². The first-order valence-corrected chi connectivity index (χ1v) is 6.62. The Kier molecular flexibility index (Phi) is 3.08. The lowest BCUT2D eigenvalue weighted by atomic mass is 10.2. The topological polar surface area (TPSA) is 74.7 Å². The highest BCUT2D eigenvalue weighted by molar-refractivity contribution is 7.95. The first kappa shape index (κ1) is 12.6. The lowest BCUT2D eigenvalue weighted by molar-refractivity contribution is 0.139. The van der Waals surface area contributed by atoms with Crippen LogP contribution in [0.5, 0.6) is 0 Å². The molecule has 0 spiro atoms. The molecule has 1 aromatic rings. The molecule has 1 aromatic carbocycles. The van der Waals surface area contributed by atoms with Crippen LogP contribution in [0.1, 0.15) is 6.42 Å². The van der Waals surface area contributed by atoms with E-state index in [4.69, 9.17) is 5.11 Å². The summed E-state index contributed by atoms with van der Waals surface area (Å²) in [5.41, 5.74) is -0.300. The predicted molar refractivity (Wildman–Crippen MR) is 61.1 cm³/mol. The summed E-state index contributed by atoms with van der Waals surface area (Å²) in [5, 5.41) is 7.33. The summed E-state index contributed by atoms with van der Waals surface area (Å²) in [4.78, 5) is 11.2. The summed E-state index contributed by atoms with van der Waals surface area (Å²) >= 11 is 0. The molecule has 0 atom stereocenters. The molecule has 0 saturated carbocycles. The number of hydrogen-bond acceptors (Lipinski definition) is 3. The fraction of sp³-hybridized carbons (Fsp3) is 0.182. The van der Waals surface area contributed by atoms with Crippen LogP contribution in [-0.2, 0) is 9.84 Å². The maximum absolute atomic E-state index is 13.9. The van der Waals surface area contributed by atoms with Crippen molar-refractivity contribution in [2.75, 3.05) is 6.54 Å². The number of benzene rings is 1. The largest absolute Gasteiger partial charge is 0.465 e. The Morgan fingerprint density at radius 1 is 1.28 bits per heavy atom. The smallest absolute Gasteiger partial charge is 0.411 e. The van der Waals surface area contributed by atoms with E-state index in [0.717, 1.165) is 0 Å². The van der Waals surface area contributed by atoms with Crippen LogP contribution in [0.3, 0.4) is 0 Å². The number of carbonyl (C=O) groups is 1. The molecule has 1 N–H and O–H groups in total. The molecule has 0 bridgehead atoms. The Morgan fingerprint density at radius 2 is 1.89 bits per heavy atom. The first-order valence-electron chi connectivity index (χ1n) is 5.14. The lowest BCUT2D eigenvalue weighted by Crippen LogP contribution is -2.40. The number of nitrogens with zero attached hydrogens (tertiary/aromatic N) is 1. The average Bonchev–Trinajstić information content (AvgIpc) is 2.27. The molecule has 18 heavy (non-hydrogen) atoms. The second-order valence-corrected chi connectivity index (χ2v) is 5.56. The molecular formula is C11H10FNO4S. The third-order valence-electron chi connectivity index (χ3n) is 2.65. The molecule has 0 aliphatic carbocycles. The zero-order chi connectivity index (χ0) is 13.3. The van der Waals surface area contributed by atoms with Gasteiger partial charge in [-0.25, -0.2) is 13.2 Å². The molecule has 0 radical (unpaired) electrons. The molecule has 7 heteroatoms. The molecule has 1 heterocycles. The number of halogens is 1. The minimum atomic E-state index is -4.26. The Morgan fingerprint density at radius 3 is 2.33 bits per heavy atom. The van der Waals surface area contributed by atoms with Crippen LogP contribution in [0.15, 0.2) is 46.1 Å². The molecule has 0 unspecified atom stereocenters. The van der Waals surface area contributed by atoms with Gasteiger partial charge in [0.1, 0.15) is 0 Å². The van der Waals surface area contributed by atoms with Crippen LogP contribution in [0, 0.1) is 0 Å². The first-order chi connectivity index (χ1) is 8.44. The quantitative estimate of drug-likeness (QED) is 0.892. The standard InChI is InChI=1S/C11H10FNO4S/c12-10(9-6-7-13(9)11(14)15)18(16,17)8-4-2-1-3-5-8/h1-5H,6-7H2,(H,14,15). The SMILES string of the molecule is O=C(O)N1CCC1=C(F)S(=O)(=O)c1ccccc1. The third kappa shape index (κ3) is 1.97. The van der Waals surface area contributed by atoms with Crippen LogP contribution in [0.25, 0.3) is 0 Å². The van der Waals surface area contributed by atoms with Crippen molar-refractivity contribution < 1.29 is 22.7 Å². The Labute approximate surface area is 103 Å². The highest BCUT2D eigenvalue weighted by atomic mass is 32.2. The molecule has 1 saturated heterocycles.